The van der Waals surface area contributed by atoms with E-state index in [1.807, 2.05) is 0 Å². The van der Waals surface area contributed by atoms with Gasteiger partial charge in [0, 0.05) is 35.0 Å². The van der Waals surface area contributed by atoms with Crippen molar-refractivity contribution in [3.05, 3.63) is 24.0 Å². The third-order valence-electron chi connectivity index (χ3n) is 2.49. The first kappa shape index (κ1) is 17.2. The minimum Gasteiger partial charge on any atom is -0.388 e. The third kappa shape index (κ3) is 5.23. The molecule has 0 fully saturated rings. The number of hydrogen-bond acceptors (Lipinski definition) is 5. The Bertz CT molecular complexity index is 599. The van der Waals surface area contributed by atoms with Crippen molar-refractivity contribution in [3.8, 4) is 0 Å². The topological polar surface area (TPSA) is 102 Å². The normalized spacial score (nSPS) is 14.7. The van der Waals surface area contributed by atoms with E-state index in [1.165, 1.54) is 18.3 Å². The Hall–Kier alpha value is -0.900. The summed E-state index contributed by atoms with van der Waals surface area (Å²) in [6.07, 6.45) is 3.29. The van der Waals surface area contributed by atoms with Gasteiger partial charge in [0.05, 0.1) is 5.69 Å². The van der Waals surface area contributed by atoms with Crippen LogP contribution in [0.2, 0.25) is 0 Å². The number of thiocarbonyl (C=S) groups is 1. The molecule has 2 unspecified atom stereocenters. The van der Waals surface area contributed by atoms with Crippen molar-refractivity contribution in [2.75, 3.05) is 12.0 Å². The van der Waals surface area contributed by atoms with Crippen molar-refractivity contribution in [2.45, 2.75) is 24.3 Å². The molecule has 0 aliphatic carbocycles. The van der Waals surface area contributed by atoms with E-state index in [0.29, 0.717) is 17.9 Å². The Morgan fingerprint density at radius 2 is 2.20 bits per heavy atom. The maximum absolute atomic E-state index is 12.1. The molecular weight excluding hydrogens is 318 g/mol. The van der Waals surface area contributed by atoms with Gasteiger partial charge in [-0.3, -0.25) is 9.19 Å². The number of rotatable bonds is 7. The van der Waals surface area contributed by atoms with Crippen LogP contribution in [0.1, 0.15) is 19.0 Å². The molecule has 0 amide bonds. The number of nitrogens with zero attached hydrogens (tertiary/aromatic N) is 1. The van der Waals surface area contributed by atoms with Crippen molar-refractivity contribution in [1.29, 1.82) is 0 Å². The highest BCUT2D eigenvalue weighted by Gasteiger charge is 2.18. The Labute approximate surface area is 126 Å². The molecule has 1 heterocycles. The lowest BCUT2D eigenvalue weighted by molar-refractivity contribution is 0.555. The maximum Gasteiger partial charge on any atom is 0.242 e. The van der Waals surface area contributed by atoms with Crippen molar-refractivity contribution in [2.24, 2.45) is 5.73 Å². The van der Waals surface area contributed by atoms with E-state index in [4.69, 9.17) is 18.0 Å². The predicted molar refractivity (Wildman–Crippen MR) is 83.5 cm³/mol. The highest BCUT2D eigenvalue weighted by molar-refractivity contribution is 7.89. The van der Waals surface area contributed by atoms with E-state index in [2.05, 4.69) is 9.71 Å². The zero-order valence-electron chi connectivity index (χ0n) is 11.2. The summed E-state index contributed by atoms with van der Waals surface area (Å²) in [5.74, 6) is 0.447. The fourth-order valence-electron chi connectivity index (χ4n) is 1.42. The lowest BCUT2D eigenvalue weighted by atomic mass is 10.3. The van der Waals surface area contributed by atoms with E-state index < -0.39 is 20.8 Å². The van der Waals surface area contributed by atoms with E-state index in [0.717, 1.165) is 0 Å². The quantitative estimate of drug-likeness (QED) is 0.688. The third-order valence-corrected chi connectivity index (χ3v) is 5.09. The molecule has 0 saturated heterocycles. The number of aromatic nitrogens is 1. The van der Waals surface area contributed by atoms with Gasteiger partial charge in [-0.2, -0.15) is 0 Å². The Morgan fingerprint density at radius 1 is 1.55 bits per heavy atom. The summed E-state index contributed by atoms with van der Waals surface area (Å²) in [4.78, 5) is 4.05. The van der Waals surface area contributed by atoms with Crippen LogP contribution >= 0.6 is 12.2 Å². The average Bonchev–Trinajstić information content (AvgIpc) is 2.36. The second kappa shape index (κ2) is 7.21. The van der Waals surface area contributed by atoms with Crippen LogP contribution in [-0.2, 0) is 20.8 Å². The molecule has 0 aliphatic heterocycles. The van der Waals surface area contributed by atoms with Crippen LogP contribution in [-0.4, -0.2) is 40.6 Å². The smallest absolute Gasteiger partial charge is 0.242 e. The predicted octanol–water partition coefficient (Wildman–Crippen LogP) is 0.151. The second-order valence-corrected chi connectivity index (χ2v) is 8.04. The largest absolute Gasteiger partial charge is 0.388 e. The molecule has 0 bridgehead atoms. The highest BCUT2D eigenvalue weighted by atomic mass is 32.2. The molecule has 2 atom stereocenters. The van der Waals surface area contributed by atoms with E-state index >= 15 is 0 Å². The second-order valence-electron chi connectivity index (χ2n) is 4.33. The van der Waals surface area contributed by atoms with Crippen LogP contribution in [0.25, 0.3) is 0 Å². The van der Waals surface area contributed by atoms with Crippen LogP contribution in [0, 0.1) is 0 Å². The zero-order valence-corrected chi connectivity index (χ0v) is 13.6. The molecule has 1 aromatic rings. The molecule has 0 aliphatic rings. The molecule has 1 rings (SSSR count). The van der Waals surface area contributed by atoms with E-state index in [1.54, 1.807) is 13.2 Å². The zero-order chi connectivity index (χ0) is 15.3. The average molecular weight is 335 g/mol. The minimum atomic E-state index is -3.65. The van der Waals surface area contributed by atoms with Gasteiger partial charge in [0.2, 0.25) is 10.0 Å². The molecular formula is C11H17N3O3S3. The Balaban J connectivity index is 2.78. The molecule has 20 heavy (non-hydrogen) atoms. The van der Waals surface area contributed by atoms with E-state index in [-0.39, 0.29) is 15.9 Å². The summed E-state index contributed by atoms with van der Waals surface area (Å²) >= 11 is 4.75. The molecule has 0 spiro atoms. The molecule has 9 heteroatoms. The van der Waals surface area contributed by atoms with Gasteiger partial charge < -0.3 is 5.73 Å². The molecule has 112 valence electrons. The standard InChI is InChI=1S/C11H17N3O3S3/c1-8(5-6-19(2)15)14-20(16,17)9-3-4-10(11(12)18)13-7-9/h3-4,7-8,14H,5-6H2,1-2H3,(H2,12,18). The number of pyridine rings is 1. The molecule has 0 radical (unpaired) electrons. The highest BCUT2D eigenvalue weighted by Crippen LogP contribution is 2.09. The van der Waals surface area contributed by atoms with Crippen LogP contribution in [0.15, 0.2) is 23.2 Å². The first-order chi connectivity index (χ1) is 9.22. The van der Waals surface area contributed by atoms with Crippen LogP contribution in [0.4, 0.5) is 0 Å². The summed E-state index contributed by atoms with van der Waals surface area (Å²) in [6, 6.07) is 2.55. The molecule has 0 aromatic carbocycles. The van der Waals surface area contributed by atoms with Gasteiger partial charge in [0.15, 0.2) is 0 Å². The number of nitrogens with one attached hydrogen (secondary N) is 1. The first-order valence-electron chi connectivity index (χ1n) is 5.80. The van der Waals surface area contributed by atoms with E-state index in [9.17, 15) is 12.6 Å². The number of sulfonamides is 1. The van der Waals surface area contributed by atoms with Gasteiger partial charge in [0.25, 0.3) is 0 Å². The number of nitrogens with two attached hydrogens (primary N) is 1. The SMILES string of the molecule is CC(CCS(C)=O)NS(=O)(=O)c1ccc(C(N)=S)nc1. The number of hydrogen-bond donors (Lipinski definition) is 2. The Morgan fingerprint density at radius 3 is 2.65 bits per heavy atom. The Kier molecular flexibility index (Phi) is 6.18. The van der Waals surface area contributed by atoms with Gasteiger partial charge in [0.1, 0.15) is 9.88 Å². The van der Waals surface area contributed by atoms with Crippen LogP contribution in [0.3, 0.4) is 0 Å². The van der Waals surface area contributed by atoms with Gasteiger partial charge >= 0.3 is 0 Å². The molecule has 0 saturated carbocycles. The molecule has 6 nitrogen and oxygen atoms in total. The lowest BCUT2D eigenvalue weighted by Crippen LogP contribution is -2.33. The lowest BCUT2D eigenvalue weighted by Gasteiger charge is -2.13. The van der Waals surface area contributed by atoms with Gasteiger partial charge in [-0.15, -0.1) is 0 Å². The summed E-state index contributed by atoms with van der Waals surface area (Å²) in [5.41, 5.74) is 5.77. The van der Waals surface area contributed by atoms with Crippen molar-refractivity contribution >= 4 is 38.0 Å². The first-order valence-corrected chi connectivity index (χ1v) is 9.42. The van der Waals surface area contributed by atoms with Crippen LogP contribution in [0.5, 0.6) is 0 Å². The fourth-order valence-corrected chi connectivity index (χ4v) is 3.45. The summed E-state index contributed by atoms with van der Waals surface area (Å²) in [6.45, 7) is 1.72. The fraction of sp³-hybridized carbons (Fsp3) is 0.455. The van der Waals surface area contributed by atoms with Crippen LogP contribution < -0.4 is 10.5 Å². The molecule has 1 aromatic heterocycles. The van der Waals surface area contributed by atoms with Gasteiger partial charge in [-0.1, -0.05) is 12.2 Å². The monoisotopic (exact) mass is 335 g/mol. The van der Waals surface area contributed by atoms with Gasteiger partial charge in [-0.25, -0.2) is 13.1 Å². The van der Waals surface area contributed by atoms with Crippen molar-refractivity contribution in [3.63, 3.8) is 0 Å². The summed E-state index contributed by atoms with van der Waals surface area (Å²) in [5, 5.41) is 0. The van der Waals surface area contributed by atoms with Gasteiger partial charge in [-0.05, 0) is 25.5 Å². The van der Waals surface area contributed by atoms with Crippen molar-refractivity contribution in [1.82, 2.24) is 9.71 Å². The molecule has 3 N–H and O–H groups in total. The minimum absolute atomic E-state index is 0.0435. The maximum atomic E-state index is 12.1. The summed E-state index contributed by atoms with van der Waals surface area (Å²) < 4.78 is 37.6. The summed E-state index contributed by atoms with van der Waals surface area (Å²) in [7, 11) is -4.59. The van der Waals surface area contributed by atoms with Crippen molar-refractivity contribution < 1.29 is 12.6 Å².